The van der Waals surface area contributed by atoms with Crippen molar-refractivity contribution in [2.45, 2.75) is 45.6 Å². The molecule has 170 valence electrons. The molecule has 2 N–H and O–H groups in total. The number of hydrogen-bond acceptors (Lipinski definition) is 3. The van der Waals surface area contributed by atoms with Crippen LogP contribution in [0.5, 0.6) is 5.75 Å². The van der Waals surface area contributed by atoms with E-state index in [4.69, 9.17) is 4.74 Å². The van der Waals surface area contributed by atoms with Crippen LogP contribution < -0.4 is 15.4 Å². The highest BCUT2D eigenvalue weighted by Crippen LogP contribution is 2.25. The highest BCUT2D eigenvalue weighted by Gasteiger charge is 2.19. The predicted octanol–water partition coefficient (Wildman–Crippen LogP) is 3.08. The number of ether oxygens (including phenoxy) is 1. The molecule has 0 saturated carbocycles. The van der Waals surface area contributed by atoms with E-state index in [1.165, 1.54) is 22.3 Å². The highest BCUT2D eigenvalue weighted by atomic mass is 16.5. The summed E-state index contributed by atoms with van der Waals surface area (Å²) in [5.74, 6) is 2.07. The topological polar surface area (TPSA) is 66.0 Å². The van der Waals surface area contributed by atoms with Gasteiger partial charge in [-0.1, -0.05) is 36.4 Å². The number of guanidine groups is 1. The minimum atomic E-state index is 0.230. The summed E-state index contributed by atoms with van der Waals surface area (Å²) in [6.07, 6.45) is 4.20. The minimum Gasteiger partial charge on any atom is -0.493 e. The van der Waals surface area contributed by atoms with Crippen molar-refractivity contribution in [3.8, 4) is 5.75 Å². The Hall–Kier alpha value is -3.02. The molecule has 2 aliphatic rings. The molecule has 0 spiro atoms. The van der Waals surface area contributed by atoms with E-state index in [9.17, 15) is 4.79 Å². The lowest BCUT2D eigenvalue weighted by molar-refractivity contribution is -0.132. The molecule has 0 aromatic heterocycles. The number of fused-ring (bicyclic) bond motifs is 2. The van der Waals surface area contributed by atoms with E-state index < -0.39 is 0 Å². The summed E-state index contributed by atoms with van der Waals surface area (Å²) in [6.45, 7) is 6.68. The molecule has 32 heavy (non-hydrogen) atoms. The van der Waals surface area contributed by atoms with Crippen molar-refractivity contribution in [2.75, 3.05) is 32.8 Å². The summed E-state index contributed by atoms with van der Waals surface area (Å²) >= 11 is 0. The Labute approximate surface area is 191 Å². The first-order valence-corrected chi connectivity index (χ1v) is 11.8. The predicted molar refractivity (Wildman–Crippen MR) is 128 cm³/mol. The average molecular weight is 435 g/mol. The van der Waals surface area contributed by atoms with E-state index in [2.05, 4.69) is 65.0 Å². The summed E-state index contributed by atoms with van der Waals surface area (Å²) in [5, 5.41) is 6.71. The molecule has 0 atom stereocenters. The lowest BCUT2D eigenvalue weighted by Crippen LogP contribution is -2.38. The maximum Gasteiger partial charge on any atom is 0.222 e. The Bertz CT molecular complexity index is 957. The van der Waals surface area contributed by atoms with Gasteiger partial charge in [0.1, 0.15) is 5.75 Å². The molecule has 2 aromatic rings. The van der Waals surface area contributed by atoms with E-state index in [0.29, 0.717) is 13.0 Å². The first-order chi connectivity index (χ1) is 15.7. The fourth-order valence-electron chi connectivity index (χ4n) is 4.35. The lowest BCUT2D eigenvalue weighted by atomic mass is 9.99. The number of rotatable bonds is 8. The number of carbonyl (C=O) groups is 1. The zero-order valence-electron chi connectivity index (χ0n) is 19.0. The third-order valence-electron chi connectivity index (χ3n) is 6.11. The zero-order chi connectivity index (χ0) is 22.2. The van der Waals surface area contributed by atoms with Crippen molar-refractivity contribution in [1.82, 2.24) is 15.5 Å². The number of hydrogen-bond donors (Lipinski definition) is 2. The molecule has 6 heteroatoms. The molecule has 0 bridgehead atoms. The second-order valence-electron chi connectivity index (χ2n) is 8.42. The number of benzene rings is 2. The van der Waals surface area contributed by atoms with Gasteiger partial charge in [-0.15, -0.1) is 0 Å². The van der Waals surface area contributed by atoms with Crippen LogP contribution in [0.15, 0.2) is 47.5 Å². The van der Waals surface area contributed by atoms with E-state index in [1.807, 2.05) is 4.90 Å². The Balaban J connectivity index is 1.19. The van der Waals surface area contributed by atoms with Gasteiger partial charge in [-0.05, 0) is 54.5 Å². The van der Waals surface area contributed by atoms with Gasteiger partial charge in [0.25, 0.3) is 0 Å². The van der Waals surface area contributed by atoms with E-state index in [1.54, 1.807) is 0 Å². The Morgan fingerprint density at radius 1 is 1.09 bits per heavy atom. The van der Waals surface area contributed by atoms with Crippen LogP contribution in [-0.4, -0.2) is 49.6 Å². The number of aliphatic imine (C=N–C) groups is 1. The van der Waals surface area contributed by atoms with Crippen LogP contribution >= 0.6 is 0 Å². The Morgan fingerprint density at radius 2 is 1.97 bits per heavy atom. The van der Waals surface area contributed by atoms with Crippen LogP contribution in [0.2, 0.25) is 0 Å². The zero-order valence-corrected chi connectivity index (χ0v) is 19.0. The van der Waals surface area contributed by atoms with Crippen LogP contribution in [0.4, 0.5) is 0 Å². The summed E-state index contributed by atoms with van der Waals surface area (Å²) in [6, 6.07) is 14.9. The van der Waals surface area contributed by atoms with Crippen molar-refractivity contribution < 1.29 is 9.53 Å². The van der Waals surface area contributed by atoms with Crippen molar-refractivity contribution >= 4 is 11.9 Å². The van der Waals surface area contributed by atoms with Crippen molar-refractivity contribution in [3.63, 3.8) is 0 Å². The van der Waals surface area contributed by atoms with E-state index in [0.717, 1.165) is 70.2 Å². The summed E-state index contributed by atoms with van der Waals surface area (Å²) in [5.41, 5.74) is 5.27. The van der Waals surface area contributed by atoms with Gasteiger partial charge in [0.15, 0.2) is 5.96 Å². The van der Waals surface area contributed by atoms with Gasteiger partial charge >= 0.3 is 0 Å². The third kappa shape index (κ3) is 5.81. The minimum absolute atomic E-state index is 0.230. The molecule has 2 aromatic carbocycles. The van der Waals surface area contributed by atoms with Crippen LogP contribution in [0.1, 0.15) is 42.0 Å². The summed E-state index contributed by atoms with van der Waals surface area (Å²) < 4.78 is 5.58. The number of amides is 1. The van der Waals surface area contributed by atoms with Crippen LogP contribution in [0, 0.1) is 0 Å². The number of nitrogens with one attached hydrogen (secondary N) is 2. The van der Waals surface area contributed by atoms with Gasteiger partial charge in [0.2, 0.25) is 5.91 Å². The molecule has 4 rings (SSSR count). The first-order valence-electron chi connectivity index (χ1n) is 11.8. The highest BCUT2D eigenvalue weighted by molar-refractivity contribution is 5.80. The van der Waals surface area contributed by atoms with Crippen LogP contribution in [-0.2, 0) is 30.6 Å². The normalized spacial score (nSPS) is 15.0. The maximum absolute atomic E-state index is 12.6. The van der Waals surface area contributed by atoms with Gasteiger partial charge < -0.3 is 20.3 Å². The molecular formula is C26H34N4O2. The average Bonchev–Trinajstić information content (AvgIpc) is 3.29. The maximum atomic E-state index is 12.6. The largest absolute Gasteiger partial charge is 0.493 e. The van der Waals surface area contributed by atoms with Crippen LogP contribution in [0.25, 0.3) is 0 Å². The molecule has 0 unspecified atom stereocenters. The molecule has 0 aliphatic carbocycles. The number of carbonyl (C=O) groups excluding carboxylic acids is 1. The van der Waals surface area contributed by atoms with Gasteiger partial charge in [0, 0.05) is 45.6 Å². The fourth-order valence-corrected chi connectivity index (χ4v) is 4.35. The molecule has 0 fully saturated rings. The second kappa shape index (κ2) is 11.0. The summed E-state index contributed by atoms with van der Waals surface area (Å²) in [7, 11) is 0. The Morgan fingerprint density at radius 3 is 2.84 bits per heavy atom. The molecule has 0 saturated heterocycles. The monoisotopic (exact) mass is 434 g/mol. The third-order valence-corrected chi connectivity index (χ3v) is 6.11. The second-order valence-corrected chi connectivity index (χ2v) is 8.42. The van der Waals surface area contributed by atoms with E-state index in [-0.39, 0.29) is 5.91 Å². The van der Waals surface area contributed by atoms with Crippen molar-refractivity contribution in [1.29, 1.82) is 0 Å². The van der Waals surface area contributed by atoms with Crippen molar-refractivity contribution in [3.05, 3.63) is 64.7 Å². The van der Waals surface area contributed by atoms with Crippen LogP contribution in [0.3, 0.4) is 0 Å². The lowest BCUT2D eigenvalue weighted by Gasteiger charge is -2.28. The standard InChI is InChI=1S/C26H34N4O2/c1-2-27-26(29-15-11-20-9-10-24-22(18-20)13-17-32-24)28-14-5-8-25(31)30-16-12-21-6-3-4-7-23(21)19-30/h3-4,6-7,9-10,18H,2,5,8,11-17,19H2,1H3,(H2,27,28,29). The van der Waals surface area contributed by atoms with Gasteiger partial charge in [-0.3, -0.25) is 9.79 Å². The summed E-state index contributed by atoms with van der Waals surface area (Å²) in [4.78, 5) is 19.3. The quantitative estimate of drug-likeness (QED) is 0.381. The molecule has 2 heterocycles. The van der Waals surface area contributed by atoms with E-state index >= 15 is 0 Å². The first kappa shape index (κ1) is 22.2. The smallest absolute Gasteiger partial charge is 0.222 e. The van der Waals surface area contributed by atoms with Gasteiger partial charge in [-0.2, -0.15) is 0 Å². The van der Waals surface area contributed by atoms with Gasteiger partial charge in [-0.25, -0.2) is 0 Å². The van der Waals surface area contributed by atoms with Gasteiger partial charge in [0.05, 0.1) is 6.61 Å². The fraction of sp³-hybridized carbons (Fsp3) is 0.462. The molecular weight excluding hydrogens is 400 g/mol. The SMILES string of the molecule is CCNC(=NCCCC(=O)N1CCc2ccccc2C1)NCCc1ccc2c(c1)CCO2. The molecule has 6 nitrogen and oxygen atoms in total. The van der Waals surface area contributed by atoms with Crippen molar-refractivity contribution in [2.24, 2.45) is 4.99 Å². The number of nitrogens with zero attached hydrogens (tertiary/aromatic N) is 2. The molecule has 0 radical (unpaired) electrons. The Kier molecular flexibility index (Phi) is 7.64. The molecule has 1 amide bonds. The molecule has 2 aliphatic heterocycles.